The van der Waals surface area contributed by atoms with Gasteiger partial charge in [-0.05, 0) is 40.4 Å². The van der Waals surface area contributed by atoms with E-state index in [1.807, 2.05) is 0 Å². The van der Waals surface area contributed by atoms with Gasteiger partial charge in [-0.25, -0.2) is 0 Å². The molecule has 0 saturated heterocycles. The van der Waals surface area contributed by atoms with Gasteiger partial charge in [-0.3, -0.25) is 16.3 Å². The normalized spacial score (nSPS) is 13.7. The van der Waals surface area contributed by atoms with Crippen molar-refractivity contribution in [3.05, 3.63) is 28.5 Å². The van der Waals surface area contributed by atoms with Crippen LogP contribution in [-0.2, 0) is 0 Å². The highest BCUT2D eigenvalue weighted by Crippen LogP contribution is 2.26. The van der Waals surface area contributed by atoms with E-state index in [0.717, 1.165) is 10.0 Å². The van der Waals surface area contributed by atoms with Gasteiger partial charge in [-0.15, -0.1) is 0 Å². The Morgan fingerprint density at radius 2 is 2.12 bits per heavy atom. The predicted molar refractivity (Wildman–Crippen MR) is 61.9 cm³/mol. The van der Waals surface area contributed by atoms with Crippen molar-refractivity contribution in [2.75, 3.05) is 0 Å². The van der Waals surface area contributed by atoms with Crippen molar-refractivity contribution in [1.29, 1.82) is 0 Å². The maximum absolute atomic E-state index is 12.0. The molecule has 0 bridgehead atoms. The molecule has 0 aromatic carbocycles. The van der Waals surface area contributed by atoms with Crippen LogP contribution >= 0.6 is 15.9 Å². The Hall–Kier alpha value is -0.660. The van der Waals surface area contributed by atoms with Crippen LogP contribution in [0.2, 0.25) is 0 Å². The van der Waals surface area contributed by atoms with Gasteiger partial charge in [0.05, 0.1) is 0 Å². The van der Waals surface area contributed by atoms with Crippen molar-refractivity contribution < 1.29 is 13.2 Å². The molecule has 1 unspecified atom stereocenters. The fraction of sp³-hybridized carbons (Fsp3) is 0.500. The molecule has 1 rings (SSSR count). The van der Waals surface area contributed by atoms with Crippen LogP contribution in [0, 0.1) is 0 Å². The van der Waals surface area contributed by atoms with E-state index < -0.39 is 12.6 Å². The van der Waals surface area contributed by atoms with Crippen molar-refractivity contribution in [2.24, 2.45) is 5.84 Å². The van der Waals surface area contributed by atoms with Crippen LogP contribution in [0.15, 0.2) is 22.9 Å². The summed E-state index contributed by atoms with van der Waals surface area (Å²) in [6, 6.07) is 1.47. The fourth-order valence-corrected chi connectivity index (χ4v) is 1.85. The van der Waals surface area contributed by atoms with E-state index in [-0.39, 0.29) is 12.5 Å². The van der Waals surface area contributed by atoms with E-state index in [0.29, 0.717) is 6.42 Å². The average Bonchev–Trinajstić information content (AvgIpc) is 2.23. The summed E-state index contributed by atoms with van der Waals surface area (Å²) in [6.07, 6.45) is -1.38. The molecule has 0 aliphatic rings. The number of alkyl halides is 3. The quantitative estimate of drug-likeness (QED) is 0.649. The van der Waals surface area contributed by atoms with Crippen LogP contribution < -0.4 is 11.3 Å². The molecular formula is C10H13BrF3N3. The van der Waals surface area contributed by atoms with Crippen LogP contribution in [0.25, 0.3) is 0 Å². The molecular weight excluding hydrogens is 299 g/mol. The minimum Gasteiger partial charge on any atom is -0.271 e. The Bertz CT molecular complexity index is 357. The Labute approximate surface area is 106 Å². The van der Waals surface area contributed by atoms with Crippen molar-refractivity contribution in [1.82, 2.24) is 10.4 Å². The number of hydrogen-bond acceptors (Lipinski definition) is 3. The summed E-state index contributed by atoms with van der Waals surface area (Å²) in [5.41, 5.74) is 3.27. The molecule has 0 spiro atoms. The summed E-state index contributed by atoms with van der Waals surface area (Å²) in [5, 5.41) is 0. The number of rotatable bonds is 5. The summed E-state index contributed by atoms with van der Waals surface area (Å²) in [5.74, 6) is 5.33. The number of pyridine rings is 1. The van der Waals surface area contributed by atoms with E-state index in [2.05, 4.69) is 26.3 Å². The minimum absolute atomic E-state index is 0.0326. The largest absolute Gasteiger partial charge is 0.389 e. The van der Waals surface area contributed by atoms with Gasteiger partial charge in [0.15, 0.2) is 0 Å². The topological polar surface area (TPSA) is 50.9 Å². The summed E-state index contributed by atoms with van der Waals surface area (Å²) >= 11 is 3.25. The first-order valence-corrected chi connectivity index (χ1v) is 5.85. The predicted octanol–water partition coefficient (Wildman–Crippen LogP) is 3.08. The summed E-state index contributed by atoms with van der Waals surface area (Å²) in [4.78, 5) is 3.95. The summed E-state index contributed by atoms with van der Waals surface area (Å²) in [6.45, 7) is 0. The lowest BCUT2D eigenvalue weighted by molar-refractivity contribution is -0.135. The number of halogens is 4. The first kappa shape index (κ1) is 14.4. The number of nitrogens with two attached hydrogens (primary N) is 1. The lowest BCUT2D eigenvalue weighted by Gasteiger charge is -2.16. The molecule has 7 heteroatoms. The van der Waals surface area contributed by atoms with E-state index in [1.54, 1.807) is 18.5 Å². The van der Waals surface area contributed by atoms with Gasteiger partial charge in [0.25, 0.3) is 0 Å². The third-order valence-electron chi connectivity index (χ3n) is 2.28. The smallest absolute Gasteiger partial charge is 0.271 e. The Balaban J connectivity index is 2.54. The first-order valence-electron chi connectivity index (χ1n) is 5.05. The molecule has 0 aliphatic heterocycles. The number of nitrogens with one attached hydrogen (secondary N) is 1. The number of hydrazine groups is 1. The van der Waals surface area contributed by atoms with Gasteiger partial charge in [-0.1, -0.05) is 0 Å². The molecule has 1 atom stereocenters. The molecule has 0 saturated carbocycles. The van der Waals surface area contributed by atoms with Gasteiger partial charge in [0.2, 0.25) is 0 Å². The lowest BCUT2D eigenvalue weighted by atomic mass is 10.0. The maximum atomic E-state index is 12.0. The zero-order valence-corrected chi connectivity index (χ0v) is 10.6. The Kier molecular flexibility index (Phi) is 5.35. The second-order valence-corrected chi connectivity index (χ2v) is 4.58. The maximum Gasteiger partial charge on any atom is 0.389 e. The molecule has 0 amide bonds. The van der Waals surface area contributed by atoms with Gasteiger partial charge < -0.3 is 0 Å². The van der Waals surface area contributed by atoms with E-state index in [4.69, 9.17) is 5.84 Å². The molecule has 3 nitrogen and oxygen atoms in total. The standard InChI is InChI=1S/C10H13BrF3N3/c11-8-4-7(5-16-6-8)9(17-15)2-1-3-10(12,13)14/h4-6,9,17H,1-3,15H2. The number of nitrogens with zero attached hydrogens (tertiary/aromatic N) is 1. The number of aromatic nitrogens is 1. The fourth-order valence-electron chi connectivity index (χ4n) is 1.47. The molecule has 0 aliphatic carbocycles. The number of hydrogen-bond donors (Lipinski definition) is 2. The van der Waals surface area contributed by atoms with Crippen molar-refractivity contribution in [2.45, 2.75) is 31.5 Å². The second-order valence-electron chi connectivity index (χ2n) is 3.66. The molecule has 0 radical (unpaired) electrons. The SMILES string of the molecule is NNC(CCCC(F)(F)F)c1cncc(Br)c1. The van der Waals surface area contributed by atoms with Crippen molar-refractivity contribution >= 4 is 15.9 Å². The van der Waals surface area contributed by atoms with Crippen LogP contribution in [0.3, 0.4) is 0 Å². The zero-order chi connectivity index (χ0) is 12.9. The third-order valence-corrected chi connectivity index (χ3v) is 2.72. The Morgan fingerprint density at radius 3 is 2.65 bits per heavy atom. The molecule has 17 heavy (non-hydrogen) atoms. The molecule has 1 aromatic rings. The molecule has 96 valence electrons. The van der Waals surface area contributed by atoms with Gasteiger partial charge in [0.1, 0.15) is 0 Å². The monoisotopic (exact) mass is 311 g/mol. The highest BCUT2D eigenvalue weighted by Gasteiger charge is 2.26. The van der Waals surface area contributed by atoms with Crippen LogP contribution in [0.5, 0.6) is 0 Å². The van der Waals surface area contributed by atoms with Gasteiger partial charge >= 0.3 is 6.18 Å². The first-order chi connectivity index (χ1) is 7.92. The van der Waals surface area contributed by atoms with Crippen molar-refractivity contribution in [3.63, 3.8) is 0 Å². The molecule has 3 N–H and O–H groups in total. The summed E-state index contributed by atoms with van der Waals surface area (Å²) in [7, 11) is 0. The molecule has 1 aromatic heterocycles. The molecule has 1 heterocycles. The van der Waals surface area contributed by atoms with Gasteiger partial charge in [-0.2, -0.15) is 13.2 Å². The van der Waals surface area contributed by atoms with E-state index >= 15 is 0 Å². The average molecular weight is 312 g/mol. The second kappa shape index (κ2) is 6.32. The van der Waals surface area contributed by atoms with E-state index in [1.165, 1.54) is 0 Å². The summed E-state index contributed by atoms with van der Waals surface area (Å²) < 4.78 is 36.8. The minimum atomic E-state index is -4.12. The van der Waals surface area contributed by atoms with Crippen LogP contribution in [0.4, 0.5) is 13.2 Å². The highest BCUT2D eigenvalue weighted by atomic mass is 79.9. The zero-order valence-electron chi connectivity index (χ0n) is 8.97. The van der Waals surface area contributed by atoms with Crippen molar-refractivity contribution in [3.8, 4) is 0 Å². The van der Waals surface area contributed by atoms with Gasteiger partial charge in [0, 0.05) is 29.3 Å². The van der Waals surface area contributed by atoms with E-state index in [9.17, 15) is 13.2 Å². The van der Waals surface area contributed by atoms with Crippen LogP contribution in [-0.4, -0.2) is 11.2 Å². The highest BCUT2D eigenvalue weighted by molar-refractivity contribution is 9.10. The lowest BCUT2D eigenvalue weighted by Crippen LogP contribution is -2.28. The third kappa shape index (κ3) is 5.47. The Morgan fingerprint density at radius 1 is 1.41 bits per heavy atom. The van der Waals surface area contributed by atoms with Crippen LogP contribution in [0.1, 0.15) is 30.9 Å². The molecule has 0 fully saturated rings.